The molecule has 0 unspecified atom stereocenters. The quantitative estimate of drug-likeness (QED) is 0.722. The van der Waals surface area contributed by atoms with Crippen molar-refractivity contribution in [1.82, 2.24) is 0 Å². The van der Waals surface area contributed by atoms with Crippen molar-refractivity contribution in [3.63, 3.8) is 0 Å². The second kappa shape index (κ2) is 4.29. The lowest BCUT2D eigenvalue weighted by Gasteiger charge is -2.05. The van der Waals surface area contributed by atoms with Crippen LogP contribution < -0.4 is 0 Å². The molecule has 0 N–H and O–H groups in total. The molecular weight excluding hydrogens is 281 g/mol. The molecule has 0 nitrogen and oxygen atoms in total. The highest BCUT2D eigenvalue weighted by Crippen LogP contribution is 2.28. The maximum atomic E-state index is 13.4. The van der Waals surface area contributed by atoms with Gasteiger partial charge in [0.25, 0.3) is 0 Å². The van der Waals surface area contributed by atoms with Gasteiger partial charge in [-0.15, -0.1) is 0 Å². The van der Waals surface area contributed by atoms with Crippen LogP contribution in [0.15, 0.2) is 40.9 Å². The maximum absolute atomic E-state index is 13.4. The van der Waals surface area contributed by atoms with Crippen molar-refractivity contribution in [3.8, 4) is 11.1 Å². The second-order valence-corrected chi connectivity index (χ2v) is 4.17. The lowest BCUT2D eigenvalue weighted by Crippen LogP contribution is -1.90. The lowest BCUT2D eigenvalue weighted by molar-refractivity contribution is 0.588. The molecule has 0 saturated carbocycles. The van der Waals surface area contributed by atoms with Gasteiger partial charge in [-0.25, -0.2) is 13.2 Å². The summed E-state index contributed by atoms with van der Waals surface area (Å²) in [4.78, 5) is 0. The van der Waals surface area contributed by atoms with Crippen LogP contribution in [0.25, 0.3) is 11.1 Å². The molecule has 2 aromatic rings. The van der Waals surface area contributed by atoms with Crippen molar-refractivity contribution in [2.24, 2.45) is 0 Å². The normalized spacial score (nSPS) is 10.5. The molecule has 0 bridgehead atoms. The smallest absolute Gasteiger partial charge is 0.133 e. The van der Waals surface area contributed by atoms with Crippen LogP contribution in [0.3, 0.4) is 0 Å². The Hall–Kier alpha value is -1.29. The van der Waals surface area contributed by atoms with E-state index in [2.05, 4.69) is 15.9 Å². The van der Waals surface area contributed by atoms with E-state index in [0.717, 1.165) is 18.2 Å². The van der Waals surface area contributed by atoms with Crippen molar-refractivity contribution in [3.05, 3.63) is 58.3 Å². The minimum Gasteiger partial charge on any atom is -0.207 e. The Balaban J connectivity index is 2.67. The molecule has 0 aromatic heterocycles. The molecule has 4 heteroatoms. The van der Waals surface area contributed by atoms with Crippen LogP contribution in [0.2, 0.25) is 0 Å². The number of hydrogen-bond acceptors (Lipinski definition) is 0. The summed E-state index contributed by atoms with van der Waals surface area (Å²) < 4.78 is 40.4. The van der Waals surface area contributed by atoms with Gasteiger partial charge in [-0.2, -0.15) is 0 Å². The minimum atomic E-state index is -0.711. The van der Waals surface area contributed by atoms with Crippen LogP contribution >= 0.6 is 15.9 Å². The van der Waals surface area contributed by atoms with Crippen LogP contribution in [0.4, 0.5) is 13.2 Å². The number of benzene rings is 2. The zero-order valence-corrected chi connectivity index (χ0v) is 9.56. The highest BCUT2D eigenvalue weighted by molar-refractivity contribution is 9.10. The predicted molar refractivity (Wildman–Crippen MR) is 59.5 cm³/mol. The van der Waals surface area contributed by atoms with Crippen LogP contribution in [0, 0.1) is 17.5 Å². The Bertz CT molecular complexity index is 497. The summed E-state index contributed by atoms with van der Waals surface area (Å²) in [5.41, 5.74) is -0.0508. The van der Waals surface area contributed by atoms with Gasteiger partial charge in [0.1, 0.15) is 17.5 Å². The fourth-order valence-corrected chi connectivity index (χ4v) is 1.94. The molecular formula is C12H6BrF3. The largest absolute Gasteiger partial charge is 0.207 e. The number of hydrogen-bond donors (Lipinski definition) is 0. The molecule has 0 spiro atoms. The third-order valence-electron chi connectivity index (χ3n) is 2.11. The Morgan fingerprint density at radius 3 is 2.06 bits per heavy atom. The molecule has 0 amide bonds. The summed E-state index contributed by atoms with van der Waals surface area (Å²) in [7, 11) is 0. The van der Waals surface area contributed by atoms with E-state index in [1.54, 1.807) is 0 Å². The molecule has 82 valence electrons. The summed E-state index contributed by atoms with van der Waals surface area (Å²) in [5, 5.41) is 0. The molecule has 0 aliphatic rings. The van der Waals surface area contributed by atoms with Gasteiger partial charge >= 0.3 is 0 Å². The fourth-order valence-electron chi connectivity index (χ4n) is 1.47. The van der Waals surface area contributed by atoms with Crippen LogP contribution in [0.1, 0.15) is 0 Å². The second-order valence-electron chi connectivity index (χ2n) is 3.25. The van der Waals surface area contributed by atoms with E-state index in [0.29, 0.717) is 4.47 Å². The Morgan fingerprint density at radius 1 is 0.875 bits per heavy atom. The van der Waals surface area contributed by atoms with Crippen molar-refractivity contribution >= 4 is 15.9 Å². The summed E-state index contributed by atoms with van der Waals surface area (Å²) in [6, 6.07) is 7.32. The zero-order valence-electron chi connectivity index (χ0n) is 7.98. The average Bonchev–Trinajstić information content (AvgIpc) is 2.15. The van der Waals surface area contributed by atoms with Gasteiger partial charge in [0.2, 0.25) is 0 Å². The fraction of sp³-hybridized carbons (Fsp3) is 0. The van der Waals surface area contributed by atoms with Gasteiger partial charge < -0.3 is 0 Å². The predicted octanol–water partition coefficient (Wildman–Crippen LogP) is 4.53. The van der Waals surface area contributed by atoms with E-state index in [1.807, 2.05) is 0 Å². The van der Waals surface area contributed by atoms with Crippen molar-refractivity contribution in [2.75, 3.05) is 0 Å². The van der Waals surface area contributed by atoms with Crippen molar-refractivity contribution in [1.29, 1.82) is 0 Å². The SMILES string of the molecule is Fc1cc(Br)cc(-c2c(F)cccc2F)c1. The number of halogens is 4. The van der Waals surface area contributed by atoms with Gasteiger partial charge in [0.05, 0.1) is 5.56 Å². The van der Waals surface area contributed by atoms with Gasteiger partial charge in [-0.05, 0) is 35.9 Å². The first-order chi connectivity index (χ1) is 7.58. The maximum Gasteiger partial charge on any atom is 0.133 e. The monoisotopic (exact) mass is 286 g/mol. The summed E-state index contributed by atoms with van der Waals surface area (Å²) in [6.07, 6.45) is 0. The molecule has 0 aliphatic heterocycles. The lowest BCUT2D eigenvalue weighted by atomic mass is 10.0. The van der Waals surface area contributed by atoms with E-state index in [-0.39, 0.29) is 11.1 Å². The molecule has 0 radical (unpaired) electrons. The Morgan fingerprint density at radius 2 is 1.50 bits per heavy atom. The Labute approximate surface area is 98.9 Å². The molecule has 0 atom stereocenters. The van der Waals surface area contributed by atoms with Gasteiger partial charge in [0.15, 0.2) is 0 Å². The summed E-state index contributed by atoms with van der Waals surface area (Å²) in [5.74, 6) is -1.97. The van der Waals surface area contributed by atoms with Gasteiger partial charge in [0, 0.05) is 4.47 Å². The molecule has 0 aliphatic carbocycles. The zero-order chi connectivity index (χ0) is 11.7. The first-order valence-electron chi connectivity index (χ1n) is 4.48. The first-order valence-corrected chi connectivity index (χ1v) is 5.27. The molecule has 0 fully saturated rings. The highest BCUT2D eigenvalue weighted by Gasteiger charge is 2.12. The van der Waals surface area contributed by atoms with Crippen molar-refractivity contribution in [2.45, 2.75) is 0 Å². The molecule has 2 aromatic carbocycles. The van der Waals surface area contributed by atoms with Gasteiger partial charge in [-0.1, -0.05) is 22.0 Å². The van der Waals surface area contributed by atoms with Crippen LogP contribution in [-0.2, 0) is 0 Å². The summed E-state index contributed by atoms with van der Waals surface area (Å²) >= 11 is 3.07. The molecule has 2 rings (SSSR count). The Kier molecular flexibility index (Phi) is 3.01. The van der Waals surface area contributed by atoms with Crippen LogP contribution in [0.5, 0.6) is 0 Å². The number of rotatable bonds is 1. The third kappa shape index (κ3) is 2.11. The third-order valence-corrected chi connectivity index (χ3v) is 2.57. The molecule has 16 heavy (non-hydrogen) atoms. The van der Waals surface area contributed by atoms with Gasteiger partial charge in [-0.3, -0.25) is 0 Å². The van der Waals surface area contributed by atoms with Crippen molar-refractivity contribution < 1.29 is 13.2 Å². The van der Waals surface area contributed by atoms with E-state index in [1.165, 1.54) is 18.2 Å². The first kappa shape index (κ1) is 11.2. The highest BCUT2D eigenvalue weighted by atomic mass is 79.9. The summed E-state index contributed by atoms with van der Waals surface area (Å²) in [6.45, 7) is 0. The molecule has 0 saturated heterocycles. The van der Waals surface area contributed by atoms with Crippen LogP contribution in [-0.4, -0.2) is 0 Å². The minimum absolute atomic E-state index is 0.169. The average molecular weight is 287 g/mol. The molecule has 0 heterocycles. The standard InChI is InChI=1S/C12H6BrF3/c13-8-4-7(5-9(14)6-8)12-10(15)2-1-3-11(12)16/h1-6H. The van der Waals surface area contributed by atoms with E-state index in [9.17, 15) is 13.2 Å². The van der Waals surface area contributed by atoms with E-state index >= 15 is 0 Å². The topological polar surface area (TPSA) is 0 Å². The van der Waals surface area contributed by atoms with E-state index in [4.69, 9.17) is 0 Å². The van der Waals surface area contributed by atoms with E-state index < -0.39 is 17.5 Å².